The monoisotopic (exact) mass is 317 g/mol. The van der Waals surface area contributed by atoms with Crippen LogP contribution in [0.5, 0.6) is 0 Å². The third-order valence-corrected chi connectivity index (χ3v) is 4.01. The first-order valence-electron chi connectivity index (χ1n) is 4.43. The second-order valence-electron chi connectivity index (χ2n) is 3.39. The van der Waals surface area contributed by atoms with Crippen LogP contribution >= 0.6 is 31.9 Å². The van der Waals surface area contributed by atoms with E-state index < -0.39 is 0 Å². The first-order valence-corrected chi connectivity index (χ1v) is 6.01. The average Bonchev–Trinajstić information content (AvgIpc) is 2.94. The summed E-state index contributed by atoms with van der Waals surface area (Å²) in [6.45, 7) is 0. The summed E-state index contributed by atoms with van der Waals surface area (Å²) in [5.74, 6) is 0.386. The van der Waals surface area contributed by atoms with Crippen molar-refractivity contribution in [2.24, 2.45) is 5.92 Å². The number of hydrogen-bond acceptors (Lipinski definition) is 1. The number of carbonyl (C=O) groups excluding carboxylic acids is 1. The SMILES string of the molecule is O=C(Nc1ccc(Br)c(Br)c1)C1CC1. The van der Waals surface area contributed by atoms with Gasteiger partial charge in [0.15, 0.2) is 0 Å². The van der Waals surface area contributed by atoms with Crippen LogP contribution in [-0.2, 0) is 4.79 Å². The van der Waals surface area contributed by atoms with Crippen LogP contribution in [0.1, 0.15) is 12.8 Å². The topological polar surface area (TPSA) is 29.1 Å². The van der Waals surface area contributed by atoms with Gasteiger partial charge in [-0.2, -0.15) is 0 Å². The zero-order chi connectivity index (χ0) is 10.1. The lowest BCUT2D eigenvalue weighted by atomic mass is 10.3. The summed E-state index contributed by atoms with van der Waals surface area (Å²) in [5, 5.41) is 2.88. The molecule has 1 saturated carbocycles. The van der Waals surface area contributed by atoms with E-state index in [4.69, 9.17) is 0 Å². The molecule has 2 nitrogen and oxygen atoms in total. The van der Waals surface area contributed by atoms with Crippen LogP contribution in [0.4, 0.5) is 5.69 Å². The molecule has 0 unspecified atom stereocenters. The highest BCUT2D eigenvalue weighted by Crippen LogP contribution is 2.31. The molecule has 0 radical (unpaired) electrons. The Morgan fingerprint density at radius 1 is 1.29 bits per heavy atom. The van der Waals surface area contributed by atoms with E-state index in [-0.39, 0.29) is 11.8 Å². The van der Waals surface area contributed by atoms with Crippen molar-refractivity contribution in [3.8, 4) is 0 Å². The van der Waals surface area contributed by atoms with Crippen molar-refractivity contribution in [2.45, 2.75) is 12.8 Å². The van der Waals surface area contributed by atoms with Crippen LogP contribution in [0.2, 0.25) is 0 Å². The Balaban J connectivity index is 2.08. The smallest absolute Gasteiger partial charge is 0.227 e. The molecule has 1 fully saturated rings. The summed E-state index contributed by atoms with van der Waals surface area (Å²) < 4.78 is 1.94. The molecule has 1 aromatic rings. The van der Waals surface area contributed by atoms with Crippen LogP contribution in [0.15, 0.2) is 27.1 Å². The molecule has 1 aliphatic rings. The predicted molar refractivity (Wildman–Crippen MR) is 63.2 cm³/mol. The second kappa shape index (κ2) is 4.03. The molecule has 0 heterocycles. The van der Waals surface area contributed by atoms with E-state index in [9.17, 15) is 4.79 Å². The Labute approximate surface area is 99.3 Å². The summed E-state index contributed by atoms with van der Waals surface area (Å²) in [7, 11) is 0. The summed E-state index contributed by atoms with van der Waals surface area (Å²) in [5.41, 5.74) is 0.844. The van der Waals surface area contributed by atoms with E-state index in [1.807, 2.05) is 18.2 Å². The first-order chi connectivity index (χ1) is 6.66. The van der Waals surface area contributed by atoms with Crippen molar-refractivity contribution >= 4 is 43.5 Å². The molecule has 4 heteroatoms. The number of carbonyl (C=O) groups is 1. The first kappa shape index (κ1) is 10.2. The fraction of sp³-hybridized carbons (Fsp3) is 0.300. The normalized spacial score (nSPS) is 15.3. The Morgan fingerprint density at radius 3 is 2.57 bits per heavy atom. The van der Waals surface area contributed by atoms with Gasteiger partial charge in [0.25, 0.3) is 0 Å². The van der Waals surface area contributed by atoms with Crippen LogP contribution < -0.4 is 5.32 Å². The zero-order valence-corrected chi connectivity index (χ0v) is 10.6. The molecule has 0 bridgehead atoms. The maximum Gasteiger partial charge on any atom is 0.227 e. The van der Waals surface area contributed by atoms with Gasteiger partial charge in [0, 0.05) is 20.6 Å². The second-order valence-corrected chi connectivity index (χ2v) is 5.10. The molecule has 0 aliphatic heterocycles. The van der Waals surface area contributed by atoms with E-state index in [0.717, 1.165) is 27.5 Å². The lowest BCUT2D eigenvalue weighted by molar-refractivity contribution is -0.117. The average molecular weight is 319 g/mol. The van der Waals surface area contributed by atoms with Gasteiger partial charge in [-0.15, -0.1) is 0 Å². The number of rotatable bonds is 2. The van der Waals surface area contributed by atoms with Crippen LogP contribution in [-0.4, -0.2) is 5.91 Å². The fourth-order valence-corrected chi connectivity index (χ4v) is 1.79. The van der Waals surface area contributed by atoms with Gasteiger partial charge in [0.1, 0.15) is 0 Å². The van der Waals surface area contributed by atoms with Crippen LogP contribution in [0, 0.1) is 5.92 Å². The minimum absolute atomic E-state index is 0.138. The minimum Gasteiger partial charge on any atom is -0.326 e. The molecular weight excluding hydrogens is 310 g/mol. The standard InChI is InChI=1S/C10H9Br2NO/c11-8-4-3-7(5-9(8)12)13-10(14)6-1-2-6/h3-6H,1-2H2,(H,13,14). The van der Waals surface area contributed by atoms with E-state index in [1.54, 1.807) is 0 Å². The van der Waals surface area contributed by atoms with Crippen LogP contribution in [0.3, 0.4) is 0 Å². The largest absolute Gasteiger partial charge is 0.326 e. The van der Waals surface area contributed by atoms with Gasteiger partial charge >= 0.3 is 0 Å². The number of halogens is 2. The third-order valence-electron chi connectivity index (χ3n) is 2.14. The number of anilines is 1. The molecule has 1 N–H and O–H groups in total. The summed E-state index contributed by atoms with van der Waals surface area (Å²) >= 11 is 6.77. The van der Waals surface area contributed by atoms with Gasteiger partial charge in [-0.3, -0.25) is 4.79 Å². The van der Waals surface area contributed by atoms with E-state index >= 15 is 0 Å². The summed E-state index contributed by atoms with van der Waals surface area (Å²) in [4.78, 5) is 11.4. The number of amides is 1. The number of benzene rings is 1. The van der Waals surface area contributed by atoms with Crippen molar-refractivity contribution in [1.29, 1.82) is 0 Å². The van der Waals surface area contributed by atoms with Crippen molar-refractivity contribution in [3.05, 3.63) is 27.1 Å². The van der Waals surface area contributed by atoms with Gasteiger partial charge in [-0.25, -0.2) is 0 Å². The number of nitrogens with one attached hydrogen (secondary N) is 1. The van der Waals surface area contributed by atoms with E-state index in [1.165, 1.54) is 0 Å². The molecular formula is C10H9Br2NO. The van der Waals surface area contributed by atoms with Gasteiger partial charge in [0.2, 0.25) is 5.91 Å². The quantitative estimate of drug-likeness (QED) is 0.887. The minimum atomic E-state index is 0.138. The molecule has 2 rings (SSSR count). The highest BCUT2D eigenvalue weighted by atomic mass is 79.9. The van der Waals surface area contributed by atoms with Crippen molar-refractivity contribution in [1.82, 2.24) is 0 Å². The van der Waals surface area contributed by atoms with Gasteiger partial charge in [0.05, 0.1) is 0 Å². The Kier molecular flexibility index (Phi) is 2.93. The Hall–Kier alpha value is -0.350. The van der Waals surface area contributed by atoms with E-state index in [2.05, 4.69) is 37.2 Å². The Morgan fingerprint density at radius 2 is 2.00 bits per heavy atom. The van der Waals surface area contributed by atoms with Gasteiger partial charge < -0.3 is 5.32 Å². The molecule has 0 atom stereocenters. The zero-order valence-electron chi connectivity index (χ0n) is 7.39. The maximum atomic E-state index is 11.4. The molecule has 1 amide bonds. The molecule has 1 aliphatic carbocycles. The fourth-order valence-electron chi connectivity index (χ4n) is 1.16. The molecule has 14 heavy (non-hydrogen) atoms. The maximum absolute atomic E-state index is 11.4. The van der Waals surface area contributed by atoms with Gasteiger partial charge in [-0.05, 0) is 62.9 Å². The van der Waals surface area contributed by atoms with Crippen molar-refractivity contribution < 1.29 is 4.79 Å². The summed E-state index contributed by atoms with van der Waals surface area (Å²) in [6, 6.07) is 5.69. The predicted octanol–water partition coefficient (Wildman–Crippen LogP) is 3.56. The van der Waals surface area contributed by atoms with E-state index in [0.29, 0.717) is 0 Å². The molecule has 0 aromatic heterocycles. The van der Waals surface area contributed by atoms with Crippen molar-refractivity contribution in [2.75, 3.05) is 5.32 Å². The number of hydrogen-bond donors (Lipinski definition) is 1. The highest BCUT2D eigenvalue weighted by molar-refractivity contribution is 9.13. The van der Waals surface area contributed by atoms with Crippen molar-refractivity contribution in [3.63, 3.8) is 0 Å². The highest BCUT2D eigenvalue weighted by Gasteiger charge is 2.29. The molecule has 74 valence electrons. The Bertz CT molecular complexity index is 374. The lowest BCUT2D eigenvalue weighted by Crippen LogP contribution is -2.13. The molecule has 0 saturated heterocycles. The molecule has 1 aromatic carbocycles. The molecule has 0 spiro atoms. The summed E-state index contributed by atoms with van der Waals surface area (Å²) in [6.07, 6.45) is 2.06. The van der Waals surface area contributed by atoms with Gasteiger partial charge in [-0.1, -0.05) is 0 Å². The lowest BCUT2D eigenvalue weighted by Gasteiger charge is -2.05. The van der Waals surface area contributed by atoms with Crippen LogP contribution in [0.25, 0.3) is 0 Å². The third kappa shape index (κ3) is 2.36.